The summed E-state index contributed by atoms with van der Waals surface area (Å²) in [6, 6.07) is 5.48. The number of halogens is 2. The molecule has 0 unspecified atom stereocenters. The maximum Gasteiger partial charge on any atom is 0.181 e. The molecule has 0 saturated heterocycles. The van der Waals surface area contributed by atoms with Gasteiger partial charge in [0, 0.05) is 12.6 Å². The molecule has 1 atom stereocenters. The zero-order valence-corrected chi connectivity index (χ0v) is 18.8. The first-order chi connectivity index (χ1) is 14.7. The lowest BCUT2D eigenvalue weighted by atomic mass is 9.89. The van der Waals surface area contributed by atoms with Gasteiger partial charge in [-0.3, -0.25) is 9.20 Å². The Bertz CT molecular complexity index is 1070. The Kier molecular flexibility index (Phi) is 7.08. The van der Waals surface area contributed by atoms with E-state index in [1.807, 2.05) is 13.1 Å². The van der Waals surface area contributed by atoms with Gasteiger partial charge in [0.05, 0.1) is 11.3 Å². The van der Waals surface area contributed by atoms with Crippen molar-refractivity contribution in [1.82, 2.24) is 9.38 Å². The van der Waals surface area contributed by atoms with Crippen LogP contribution in [0.3, 0.4) is 0 Å². The van der Waals surface area contributed by atoms with Crippen LogP contribution in [-0.4, -0.2) is 15.2 Å². The third-order valence-electron chi connectivity index (χ3n) is 5.55. The number of carbonyl (C=O) groups excluding carboxylic acids is 1. The summed E-state index contributed by atoms with van der Waals surface area (Å²) < 4.78 is 35.5. The third-order valence-corrected chi connectivity index (χ3v) is 5.55. The summed E-state index contributed by atoms with van der Waals surface area (Å²) >= 11 is 0. The van der Waals surface area contributed by atoms with E-state index in [-0.39, 0.29) is 18.0 Å². The standard InChI is InChI=1S/C25H30F2N2O2/c1-6-18(10-15(2)3)12-22(30)24-17(5)28-25-23(11-16(4)13-29(24)25)31-14-19-20(26)8-7-9-21(19)27/h7-9,11,13,15,18H,6,10,12,14H2,1-5H3/t18-/m0/s1. The van der Waals surface area contributed by atoms with Crippen molar-refractivity contribution in [3.63, 3.8) is 0 Å². The Morgan fingerprint density at radius 1 is 1.19 bits per heavy atom. The number of pyridine rings is 1. The van der Waals surface area contributed by atoms with Crippen molar-refractivity contribution >= 4 is 11.4 Å². The second-order valence-corrected chi connectivity index (χ2v) is 8.64. The van der Waals surface area contributed by atoms with Crippen LogP contribution in [-0.2, 0) is 6.61 Å². The molecule has 3 aromatic rings. The van der Waals surface area contributed by atoms with Crippen LogP contribution in [0.2, 0.25) is 0 Å². The van der Waals surface area contributed by atoms with Crippen molar-refractivity contribution in [2.75, 3.05) is 0 Å². The quantitative estimate of drug-likeness (QED) is 0.368. The van der Waals surface area contributed by atoms with E-state index in [4.69, 9.17) is 4.74 Å². The number of fused-ring (bicyclic) bond motifs is 1. The number of ketones is 1. The van der Waals surface area contributed by atoms with Gasteiger partial charge in [-0.05, 0) is 55.9 Å². The highest BCUT2D eigenvalue weighted by molar-refractivity contribution is 5.97. The number of hydrogen-bond donors (Lipinski definition) is 0. The molecule has 4 nitrogen and oxygen atoms in total. The van der Waals surface area contributed by atoms with Crippen LogP contribution in [0.5, 0.6) is 5.75 Å². The molecule has 0 aliphatic rings. The van der Waals surface area contributed by atoms with Gasteiger partial charge >= 0.3 is 0 Å². The number of hydrogen-bond acceptors (Lipinski definition) is 3. The Morgan fingerprint density at radius 3 is 2.48 bits per heavy atom. The highest BCUT2D eigenvalue weighted by Crippen LogP contribution is 2.28. The molecule has 2 aromatic heterocycles. The summed E-state index contributed by atoms with van der Waals surface area (Å²) in [5.74, 6) is -0.0260. The van der Waals surface area contributed by atoms with Crippen LogP contribution in [0.25, 0.3) is 5.65 Å². The van der Waals surface area contributed by atoms with Crippen molar-refractivity contribution < 1.29 is 18.3 Å². The van der Waals surface area contributed by atoms with Gasteiger partial charge in [0.2, 0.25) is 0 Å². The molecule has 0 radical (unpaired) electrons. The van der Waals surface area contributed by atoms with Gasteiger partial charge in [0.25, 0.3) is 0 Å². The van der Waals surface area contributed by atoms with Gasteiger partial charge in [0.1, 0.15) is 23.9 Å². The number of imidazole rings is 1. The molecule has 3 rings (SSSR count). The van der Waals surface area contributed by atoms with Crippen LogP contribution in [0.1, 0.15) is 67.3 Å². The molecule has 0 spiro atoms. The maximum atomic E-state index is 14.0. The average molecular weight is 429 g/mol. The van der Waals surface area contributed by atoms with Crippen LogP contribution in [0.4, 0.5) is 8.78 Å². The van der Waals surface area contributed by atoms with E-state index < -0.39 is 11.6 Å². The van der Waals surface area contributed by atoms with Gasteiger partial charge in [-0.2, -0.15) is 0 Å². The maximum absolute atomic E-state index is 14.0. The largest absolute Gasteiger partial charge is 0.485 e. The minimum Gasteiger partial charge on any atom is -0.485 e. The lowest BCUT2D eigenvalue weighted by molar-refractivity contribution is 0.0948. The number of carbonyl (C=O) groups is 1. The predicted octanol–water partition coefficient (Wildman–Crippen LogP) is 6.45. The lowest BCUT2D eigenvalue weighted by Crippen LogP contribution is -2.13. The van der Waals surface area contributed by atoms with Crippen LogP contribution in [0.15, 0.2) is 30.5 Å². The first-order valence-corrected chi connectivity index (χ1v) is 10.8. The zero-order valence-electron chi connectivity index (χ0n) is 18.8. The fraction of sp³-hybridized carbons (Fsp3) is 0.440. The predicted molar refractivity (Wildman–Crippen MR) is 118 cm³/mol. The van der Waals surface area contributed by atoms with Gasteiger partial charge < -0.3 is 4.74 Å². The molecule has 0 amide bonds. The summed E-state index contributed by atoms with van der Waals surface area (Å²) in [5.41, 5.74) is 2.36. The number of rotatable bonds is 9. The van der Waals surface area contributed by atoms with Crippen molar-refractivity contribution in [2.45, 2.75) is 60.5 Å². The van der Waals surface area contributed by atoms with Gasteiger partial charge in [0.15, 0.2) is 17.2 Å². The normalized spacial score (nSPS) is 12.5. The van der Waals surface area contributed by atoms with Crippen molar-refractivity contribution in [3.05, 3.63) is 64.6 Å². The van der Waals surface area contributed by atoms with Gasteiger partial charge in [-0.25, -0.2) is 13.8 Å². The summed E-state index contributed by atoms with van der Waals surface area (Å²) in [6.45, 7) is 9.86. The molecule has 6 heteroatoms. The van der Waals surface area contributed by atoms with E-state index in [1.54, 1.807) is 17.4 Å². The number of nitrogens with zero attached hydrogens (tertiary/aromatic N) is 2. The van der Waals surface area contributed by atoms with Crippen LogP contribution >= 0.6 is 0 Å². The van der Waals surface area contributed by atoms with E-state index in [0.29, 0.717) is 41.0 Å². The molecule has 0 saturated carbocycles. The van der Waals surface area contributed by atoms with Crippen LogP contribution < -0.4 is 4.74 Å². The molecule has 0 aliphatic carbocycles. The Morgan fingerprint density at radius 2 is 1.87 bits per heavy atom. The monoisotopic (exact) mass is 428 g/mol. The summed E-state index contributed by atoms with van der Waals surface area (Å²) in [5, 5.41) is 0. The molecular formula is C25H30F2N2O2. The minimum absolute atomic E-state index is 0.0502. The average Bonchev–Trinajstić information content (AvgIpc) is 3.02. The van der Waals surface area contributed by atoms with Gasteiger partial charge in [-0.15, -0.1) is 0 Å². The third kappa shape index (κ3) is 5.12. The first-order valence-electron chi connectivity index (χ1n) is 10.8. The summed E-state index contributed by atoms with van der Waals surface area (Å²) in [4.78, 5) is 17.7. The molecule has 0 bridgehead atoms. The molecular weight excluding hydrogens is 398 g/mol. The second kappa shape index (κ2) is 9.58. The smallest absolute Gasteiger partial charge is 0.181 e. The van der Waals surface area contributed by atoms with E-state index in [0.717, 1.165) is 18.4 Å². The van der Waals surface area contributed by atoms with Gasteiger partial charge in [-0.1, -0.05) is 33.3 Å². The molecule has 0 aliphatic heterocycles. The highest BCUT2D eigenvalue weighted by atomic mass is 19.1. The molecule has 0 fully saturated rings. The lowest BCUT2D eigenvalue weighted by Gasteiger charge is -2.16. The number of Topliss-reactive ketones (excluding diaryl/α,β-unsaturated/α-hetero) is 1. The molecule has 1 aromatic carbocycles. The van der Waals surface area contributed by atoms with Crippen molar-refractivity contribution in [3.8, 4) is 5.75 Å². The van der Waals surface area contributed by atoms with Crippen LogP contribution in [0, 0.1) is 37.3 Å². The molecule has 31 heavy (non-hydrogen) atoms. The Balaban J connectivity index is 1.93. The SMILES string of the molecule is CC[C@H](CC(=O)c1c(C)nc2c(OCc3c(F)cccc3F)cc(C)cn12)CC(C)C. The van der Waals surface area contributed by atoms with Crippen molar-refractivity contribution in [2.24, 2.45) is 11.8 Å². The van der Waals surface area contributed by atoms with E-state index in [9.17, 15) is 13.6 Å². The molecule has 2 heterocycles. The number of benzene rings is 1. The second-order valence-electron chi connectivity index (χ2n) is 8.64. The molecule has 0 N–H and O–H groups in total. The zero-order chi connectivity index (χ0) is 22.7. The van der Waals surface area contributed by atoms with E-state index >= 15 is 0 Å². The number of aromatic nitrogens is 2. The van der Waals surface area contributed by atoms with Crippen molar-refractivity contribution in [1.29, 1.82) is 0 Å². The summed E-state index contributed by atoms with van der Waals surface area (Å²) in [6.07, 6.45) is 4.26. The van der Waals surface area contributed by atoms with E-state index in [1.165, 1.54) is 18.2 Å². The number of ether oxygens (including phenoxy) is 1. The first kappa shape index (κ1) is 22.9. The Labute approximate surface area is 182 Å². The highest BCUT2D eigenvalue weighted by Gasteiger charge is 2.23. The fourth-order valence-electron chi connectivity index (χ4n) is 4.04. The Hall–Kier alpha value is -2.76. The minimum atomic E-state index is -0.658. The van der Waals surface area contributed by atoms with E-state index in [2.05, 4.69) is 25.8 Å². The number of aryl methyl sites for hydroxylation is 2. The topological polar surface area (TPSA) is 43.6 Å². The fourth-order valence-corrected chi connectivity index (χ4v) is 4.04. The molecule has 166 valence electrons. The summed E-state index contributed by atoms with van der Waals surface area (Å²) in [7, 11) is 0.